The molecule has 0 saturated carbocycles. The summed E-state index contributed by atoms with van der Waals surface area (Å²) < 4.78 is 55.1. The van der Waals surface area contributed by atoms with Crippen molar-refractivity contribution >= 4 is 66.5 Å². The summed E-state index contributed by atoms with van der Waals surface area (Å²) in [5.41, 5.74) is 0.380. The number of sulfonamides is 2. The van der Waals surface area contributed by atoms with E-state index in [0.29, 0.717) is 0 Å². The molecule has 0 unspecified atom stereocenters. The minimum Gasteiger partial charge on any atom is -0.325 e. The van der Waals surface area contributed by atoms with Crippen molar-refractivity contribution in [1.29, 1.82) is 0 Å². The molecule has 0 atom stereocenters. The Hall–Kier alpha value is -3.71. The van der Waals surface area contributed by atoms with E-state index in [1.807, 2.05) is 0 Å². The van der Waals surface area contributed by atoms with Crippen molar-refractivity contribution in [2.45, 2.75) is 9.79 Å². The van der Waals surface area contributed by atoms with Gasteiger partial charge in [-0.15, -0.1) is 0 Å². The van der Waals surface area contributed by atoms with Crippen LogP contribution in [0.15, 0.2) is 101 Å². The first kappa shape index (κ1) is 27.3. The van der Waals surface area contributed by atoms with Gasteiger partial charge in [-0.2, -0.15) is 0 Å². The molecule has 0 aliphatic heterocycles. The number of aromatic nitrogens is 2. The fourth-order valence-electron chi connectivity index (χ4n) is 3.25. The number of amides is 1. The minimum absolute atomic E-state index is 0.0247. The summed E-state index contributed by atoms with van der Waals surface area (Å²) in [5, 5.41) is 2.91. The monoisotopic (exact) mass is 591 g/mol. The summed E-state index contributed by atoms with van der Waals surface area (Å²) in [6.07, 6.45) is 2.78. The predicted molar refractivity (Wildman–Crippen MR) is 145 cm³/mol. The van der Waals surface area contributed by atoms with Gasteiger partial charge >= 0.3 is 0 Å². The lowest BCUT2D eigenvalue weighted by Crippen LogP contribution is -2.38. The van der Waals surface area contributed by atoms with Gasteiger partial charge in [0.25, 0.3) is 20.0 Å². The Morgan fingerprint density at radius 1 is 0.789 bits per heavy atom. The molecular formula is C24H19Cl2N5O5S2. The Morgan fingerprint density at radius 2 is 1.45 bits per heavy atom. The molecule has 1 heterocycles. The average molecular weight is 592 g/mol. The molecule has 2 N–H and O–H groups in total. The lowest BCUT2D eigenvalue weighted by molar-refractivity contribution is -0.114. The van der Waals surface area contributed by atoms with Crippen LogP contribution in [0.1, 0.15) is 0 Å². The Labute approximate surface area is 229 Å². The zero-order valence-electron chi connectivity index (χ0n) is 19.3. The van der Waals surface area contributed by atoms with E-state index in [2.05, 4.69) is 20.0 Å². The molecule has 0 aliphatic carbocycles. The second-order valence-corrected chi connectivity index (χ2v) is 12.0. The Bertz CT molecular complexity index is 1660. The van der Waals surface area contributed by atoms with Crippen molar-refractivity contribution in [2.24, 2.45) is 0 Å². The van der Waals surface area contributed by atoms with Crippen molar-refractivity contribution in [3.05, 3.63) is 101 Å². The number of hydrogen-bond donors (Lipinski definition) is 2. The average Bonchev–Trinajstić information content (AvgIpc) is 2.90. The maximum absolute atomic E-state index is 13.4. The topological polar surface area (TPSA) is 138 Å². The van der Waals surface area contributed by atoms with Crippen LogP contribution in [0.2, 0.25) is 10.0 Å². The molecule has 0 radical (unpaired) electrons. The lowest BCUT2D eigenvalue weighted by atomic mass is 10.3. The zero-order valence-corrected chi connectivity index (χ0v) is 22.5. The minimum atomic E-state index is -4.16. The Balaban J connectivity index is 1.54. The molecule has 14 heteroatoms. The van der Waals surface area contributed by atoms with Gasteiger partial charge in [-0.1, -0.05) is 41.4 Å². The standard InChI is InChI=1S/C24H19Cl2N5O5S2/c25-21-12-9-18(15-22(21)26)31(38(35,36)20-5-2-1-3-6-20)16-23(32)29-17-7-10-19(11-8-17)37(33,34)30-24-27-13-4-14-28-24/h1-15H,16H2,(H,29,32)(H,27,28,30). The van der Waals surface area contributed by atoms with E-state index < -0.39 is 32.5 Å². The van der Waals surface area contributed by atoms with Gasteiger partial charge in [0.2, 0.25) is 11.9 Å². The van der Waals surface area contributed by atoms with E-state index in [1.165, 1.54) is 67.0 Å². The predicted octanol–water partition coefficient (Wildman–Crippen LogP) is 4.42. The third kappa shape index (κ3) is 6.40. The highest BCUT2D eigenvalue weighted by molar-refractivity contribution is 7.93. The van der Waals surface area contributed by atoms with E-state index in [9.17, 15) is 21.6 Å². The first-order chi connectivity index (χ1) is 18.1. The Morgan fingerprint density at radius 3 is 2.08 bits per heavy atom. The molecule has 196 valence electrons. The SMILES string of the molecule is O=C(CN(c1ccc(Cl)c(Cl)c1)S(=O)(=O)c1ccccc1)Nc1ccc(S(=O)(=O)Nc2ncccn2)cc1. The maximum Gasteiger partial charge on any atom is 0.264 e. The van der Waals surface area contributed by atoms with Crippen LogP contribution in [0.3, 0.4) is 0 Å². The second kappa shape index (κ2) is 11.4. The molecule has 0 aliphatic rings. The maximum atomic E-state index is 13.4. The van der Waals surface area contributed by atoms with Crippen LogP contribution in [0.25, 0.3) is 0 Å². The number of rotatable bonds is 9. The third-order valence-electron chi connectivity index (χ3n) is 5.05. The number of halogens is 2. The fourth-order valence-corrected chi connectivity index (χ4v) is 5.94. The number of anilines is 3. The van der Waals surface area contributed by atoms with Gasteiger partial charge in [-0.05, 0) is 60.7 Å². The van der Waals surface area contributed by atoms with E-state index in [4.69, 9.17) is 23.2 Å². The van der Waals surface area contributed by atoms with Crippen LogP contribution in [0.4, 0.5) is 17.3 Å². The molecule has 3 aromatic carbocycles. The number of hydrogen-bond acceptors (Lipinski definition) is 7. The van der Waals surface area contributed by atoms with Gasteiger partial charge in [-0.3, -0.25) is 9.10 Å². The molecule has 38 heavy (non-hydrogen) atoms. The van der Waals surface area contributed by atoms with Gasteiger partial charge in [0.05, 0.1) is 25.5 Å². The highest BCUT2D eigenvalue weighted by Gasteiger charge is 2.27. The van der Waals surface area contributed by atoms with Crippen molar-refractivity contribution in [3.8, 4) is 0 Å². The Kier molecular flexibility index (Phi) is 8.17. The first-order valence-electron chi connectivity index (χ1n) is 10.8. The van der Waals surface area contributed by atoms with E-state index in [1.54, 1.807) is 24.3 Å². The summed E-state index contributed by atoms with van der Waals surface area (Å²) in [6.45, 7) is -0.595. The molecule has 0 bridgehead atoms. The highest BCUT2D eigenvalue weighted by Crippen LogP contribution is 2.30. The number of benzene rings is 3. The molecule has 1 amide bonds. The first-order valence-corrected chi connectivity index (χ1v) is 14.5. The van der Waals surface area contributed by atoms with E-state index in [0.717, 1.165) is 4.31 Å². The van der Waals surface area contributed by atoms with Crippen LogP contribution in [0.5, 0.6) is 0 Å². The second-order valence-electron chi connectivity index (χ2n) is 7.67. The molecule has 4 rings (SSSR count). The number of carbonyl (C=O) groups excluding carboxylic acids is 1. The van der Waals surface area contributed by atoms with Gasteiger partial charge in [-0.25, -0.2) is 31.5 Å². The number of nitrogens with zero attached hydrogens (tertiary/aromatic N) is 3. The van der Waals surface area contributed by atoms with Crippen molar-refractivity contribution in [2.75, 3.05) is 20.9 Å². The normalized spacial score (nSPS) is 11.5. The highest BCUT2D eigenvalue weighted by atomic mass is 35.5. The molecule has 4 aromatic rings. The molecule has 10 nitrogen and oxygen atoms in total. The zero-order chi connectivity index (χ0) is 27.3. The molecule has 0 spiro atoms. The summed E-state index contributed by atoms with van der Waals surface area (Å²) in [4.78, 5) is 20.5. The van der Waals surface area contributed by atoms with E-state index >= 15 is 0 Å². The number of nitrogens with one attached hydrogen (secondary N) is 2. The van der Waals surface area contributed by atoms with Crippen molar-refractivity contribution in [3.63, 3.8) is 0 Å². The summed E-state index contributed by atoms with van der Waals surface area (Å²) in [6, 6.07) is 18.7. The third-order valence-corrected chi connectivity index (χ3v) is 8.92. The van der Waals surface area contributed by atoms with Crippen molar-refractivity contribution in [1.82, 2.24) is 9.97 Å². The van der Waals surface area contributed by atoms with Crippen LogP contribution < -0.4 is 14.3 Å². The van der Waals surface area contributed by atoms with Crippen LogP contribution >= 0.6 is 23.2 Å². The quantitative estimate of drug-likeness (QED) is 0.294. The van der Waals surface area contributed by atoms with Gasteiger partial charge in [0, 0.05) is 18.1 Å². The van der Waals surface area contributed by atoms with Crippen LogP contribution in [-0.2, 0) is 24.8 Å². The summed E-state index contributed by atoms with van der Waals surface area (Å²) in [5.74, 6) is -0.770. The lowest BCUT2D eigenvalue weighted by Gasteiger charge is -2.24. The van der Waals surface area contributed by atoms with E-state index in [-0.39, 0.29) is 37.2 Å². The van der Waals surface area contributed by atoms with Crippen LogP contribution in [-0.4, -0.2) is 39.3 Å². The summed E-state index contributed by atoms with van der Waals surface area (Å²) in [7, 11) is -8.13. The summed E-state index contributed by atoms with van der Waals surface area (Å²) >= 11 is 12.1. The number of carbonyl (C=O) groups is 1. The molecule has 0 fully saturated rings. The van der Waals surface area contributed by atoms with Gasteiger partial charge in [0.15, 0.2) is 0 Å². The smallest absolute Gasteiger partial charge is 0.264 e. The fraction of sp³-hybridized carbons (Fsp3) is 0.0417. The van der Waals surface area contributed by atoms with Gasteiger partial charge in [0.1, 0.15) is 6.54 Å². The molecule has 1 aromatic heterocycles. The van der Waals surface area contributed by atoms with Gasteiger partial charge < -0.3 is 5.32 Å². The molecule has 0 saturated heterocycles. The van der Waals surface area contributed by atoms with Crippen LogP contribution in [0, 0.1) is 0 Å². The largest absolute Gasteiger partial charge is 0.325 e. The van der Waals surface area contributed by atoms with Crippen molar-refractivity contribution < 1.29 is 21.6 Å². The molecular weight excluding hydrogens is 573 g/mol.